The van der Waals surface area contributed by atoms with Crippen molar-refractivity contribution in [3.63, 3.8) is 0 Å². The van der Waals surface area contributed by atoms with E-state index < -0.39 is 5.69 Å². The molecule has 1 aliphatic heterocycles. The van der Waals surface area contributed by atoms with Crippen molar-refractivity contribution in [1.29, 1.82) is 0 Å². The predicted octanol–water partition coefficient (Wildman–Crippen LogP) is 1.52. The van der Waals surface area contributed by atoms with Gasteiger partial charge in [-0.05, 0) is 31.0 Å². The summed E-state index contributed by atoms with van der Waals surface area (Å²) in [4.78, 5) is 26.9. The molecule has 0 spiro atoms. The minimum absolute atomic E-state index is 0.0523. The molecule has 0 amide bonds. The van der Waals surface area contributed by atoms with Crippen LogP contribution in [0.5, 0.6) is 0 Å². The van der Waals surface area contributed by atoms with Gasteiger partial charge < -0.3 is 9.72 Å². The number of nitrogens with zero attached hydrogens (tertiary/aromatic N) is 1. The Kier molecular flexibility index (Phi) is 3.16. The van der Waals surface area contributed by atoms with Gasteiger partial charge in [0.15, 0.2) is 0 Å². The molecule has 2 aromatic rings. The molecule has 0 saturated carbocycles. The van der Waals surface area contributed by atoms with E-state index in [4.69, 9.17) is 16.3 Å². The molecule has 6 heteroatoms. The monoisotopic (exact) mass is 280 g/mol. The van der Waals surface area contributed by atoms with Crippen LogP contribution in [-0.4, -0.2) is 22.3 Å². The molecule has 1 N–H and O–H groups in total. The minimum Gasteiger partial charge on any atom is -0.376 e. The second-order valence-electron chi connectivity index (χ2n) is 4.67. The van der Waals surface area contributed by atoms with E-state index >= 15 is 0 Å². The lowest BCUT2D eigenvalue weighted by Crippen LogP contribution is -2.38. The van der Waals surface area contributed by atoms with Crippen molar-refractivity contribution < 1.29 is 4.74 Å². The summed E-state index contributed by atoms with van der Waals surface area (Å²) < 4.78 is 6.67. The Bertz CT molecular complexity index is 729. The topological polar surface area (TPSA) is 64.1 Å². The maximum atomic E-state index is 12.3. The van der Waals surface area contributed by atoms with Gasteiger partial charge in [0.1, 0.15) is 0 Å². The highest BCUT2D eigenvalue weighted by Gasteiger charge is 2.18. The van der Waals surface area contributed by atoms with Gasteiger partial charge in [0.2, 0.25) is 0 Å². The van der Waals surface area contributed by atoms with Gasteiger partial charge >= 0.3 is 5.69 Å². The summed E-state index contributed by atoms with van der Waals surface area (Å²) in [5, 5.41) is 0.946. The number of nitrogens with one attached hydrogen (secondary N) is 1. The smallest absolute Gasteiger partial charge is 0.328 e. The first-order valence-electron chi connectivity index (χ1n) is 6.19. The third-order valence-corrected chi connectivity index (χ3v) is 3.59. The van der Waals surface area contributed by atoms with Gasteiger partial charge in [0, 0.05) is 11.6 Å². The van der Waals surface area contributed by atoms with Crippen LogP contribution >= 0.6 is 11.6 Å². The lowest BCUT2D eigenvalue weighted by atomic mass is 10.2. The number of hydrogen-bond acceptors (Lipinski definition) is 3. The maximum absolute atomic E-state index is 12.3. The quantitative estimate of drug-likeness (QED) is 0.907. The number of ether oxygens (including phenoxy) is 1. The van der Waals surface area contributed by atoms with Crippen molar-refractivity contribution in [2.75, 3.05) is 6.61 Å². The van der Waals surface area contributed by atoms with Crippen LogP contribution in [0.4, 0.5) is 0 Å². The van der Waals surface area contributed by atoms with Crippen molar-refractivity contribution in [2.45, 2.75) is 25.5 Å². The van der Waals surface area contributed by atoms with E-state index in [2.05, 4.69) is 4.98 Å². The molecule has 1 aliphatic rings. The number of H-pyrrole nitrogens is 1. The first kappa shape index (κ1) is 12.4. The van der Waals surface area contributed by atoms with Crippen LogP contribution in [0.25, 0.3) is 10.9 Å². The molecule has 5 nitrogen and oxygen atoms in total. The zero-order valence-electron chi connectivity index (χ0n) is 10.2. The molecule has 1 fully saturated rings. The van der Waals surface area contributed by atoms with E-state index in [0.717, 1.165) is 12.8 Å². The molecule has 1 unspecified atom stereocenters. The third-order valence-electron chi connectivity index (χ3n) is 3.35. The molecule has 19 heavy (non-hydrogen) atoms. The highest BCUT2D eigenvalue weighted by atomic mass is 35.5. The summed E-state index contributed by atoms with van der Waals surface area (Å²) in [7, 11) is 0. The van der Waals surface area contributed by atoms with Crippen molar-refractivity contribution in [3.8, 4) is 0 Å². The van der Waals surface area contributed by atoms with Gasteiger partial charge in [0.05, 0.1) is 23.6 Å². The Morgan fingerprint density at radius 1 is 1.42 bits per heavy atom. The highest BCUT2D eigenvalue weighted by Crippen LogP contribution is 2.15. The standard InChI is InChI=1S/C13H13ClN2O3/c14-8-3-4-10-11(6-8)15-13(18)16(12(10)17)7-9-2-1-5-19-9/h3-4,6,9H,1-2,5,7H2,(H,15,18). The maximum Gasteiger partial charge on any atom is 0.328 e. The average Bonchev–Trinajstić information content (AvgIpc) is 2.87. The zero-order chi connectivity index (χ0) is 13.4. The highest BCUT2D eigenvalue weighted by molar-refractivity contribution is 6.31. The van der Waals surface area contributed by atoms with E-state index in [1.54, 1.807) is 18.2 Å². The van der Waals surface area contributed by atoms with Crippen LogP contribution in [-0.2, 0) is 11.3 Å². The molecule has 1 aromatic carbocycles. The minimum atomic E-state index is -0.421. The van der Waals surface area contributed by atoms with Crippen molar-refractivity contribution in [3.05, 3.63) is 44.1 Å². The summed E-state index contributed by atoms with van der Waals surface area (Å²) in [6.45, 7) is 0.993. The fourth-order valence-corrected chi connectivity index (χ4v) is 2.56. The van der Waals surface area contributed by atoms with E-state index in [9.17, 15) is 9.59 Å². The molecular weight excluding hydrogens is 268 g/mol. The molecule has 0 aliphatic carbocycles. The van der Waals surface area contributed by atoms with Gasteiger partial charge in [-0.1, -0.05) is 11.6 Å². The Hall–Kier alpha value is -1.59. The second-order valence-corrected chi connectivity index (χ2v) is 5.11. The third kappa shape index (κ3) is 2.31. The Labute approximate surface area is 113 Å². The normalized spacial score (nSPS) is 19.1. The lowest BCUT2D eigenvalue weighted by Gasteiger charge is -2.11. The number of benzene rings is 1. The van der Waals surface area contributed by atoms with Crippen LogP contribution in [0, 0.1) is 0 Å². The average molecular weight is 281 g/mol. The summed E-state index contributed by atoms with van der Waals surface area (Å²) in [6, 6.07) is 4.85. The second kappa shape index (κ2) is 4.83. The van der Waals surface area contributed by atoms with Crippen molar-refractivity contribution >= 4 is 22.5 Å². The van der Waals surface area contributed by atoms with E-state index in [0.29, 0.717) is 29.1 Å². The molecule has 0 bridgehead atoms. The fourth-order valence-electron chi connectivity index (χ4n) is 2.38. The van der Waals surface area contributed by atoms with Crippen LogP contribution in [0.1, 0.15) is 12.8 Å². The SMILES string of the molecule is O=c1[nH]c2cc(Cl)ccc2c(=O)n1CC1CCCO1. The van der Waals surface area contributed by atoms with E-state index in [1.165, 1.54) is 4.57 Å². The number of aromatic amines is 1. The number of aromatic nitrogens is 2. The molecule has 3 rings (SSSR count). The predicted molar refractivity (Wildman–Crippen MR) is 72.8 cm³/mol. The molecule has 1 aromatic heterocycles. The van der Waals surface area contributed by atoms with Crippen LogP contribution in [0.2, 0.25) is 5.02 Å². The summed E-state index contributed by atoms with van der Waals surface area (Å²) in [6.07, 6.45) is 1.80. The van der Waals surface area contributed by atoms with Crippen molar-refractivity contribution in [2.24, 2.45) is 0 Å². The summed E-state index contributed by atoms with van der Waals surface area (Å²) in [5.41, 5.74) is -0.257. The Morgan fingerprint density at radius 3 is 3.00 bits per heavy atom. The van der Waals surface area contributed by atoms with Gasteiger partial charge in [-0.3, -0.25) is 9.36 Å². The van der Waals surface area contributed by atoms with Crippen LogP contribution in [0.15, 0.2) is 27.8 Å². The van der Waals surface area contributed by atoms with E-state index in [1.807, 2.05) is 0 Å². The van der Waals surface area contributed by atoms with Gasteiger partial charge in [-0.15, -0.1) is 0 Å². The number of rotatable bonds is 2. The molecule has 1 atom stereocenters. The largest absolute Gasteiger partial charge is 0.376 e. The summed E-state index contributed by atoms with van der Waals surface area (Å²) >= 11 is 5.85. The van der Waals surface area contributed by atoms with Crippen LogP contribution in [0.3, 0.4) is 0 Å². The zero-order valence-corrected chi connectivity index (χ0v) is 10.9. The Balaban J connectivity index is 2.11. The first-order valence-corrected chi connectivity index (χ1v) is 6.57. The Morgan fingerprint density at radius 2 is 2.26 bits per heavy atom. The molecule has 0 radical (unpaired) electrons. The molecule has 100 valence electrons. The van der Waals surface area contributed by atoms with Gasteiger partial charge in [-0.2, -0.15) is 0 Å². The van der Waals surface area contributed by atoms with Gasteiger partial charge in [0.25, 0.3) is 5.56 Å². The lowest BCUT2D eigenvalue weighted by molar-refractivity contribution is 0.0952. The number of hydrogen-bond donors (Lipinski definition) is 1. The fraction of sp³-hybridized carbons (Fsp3) is 0.385. The van der Waals surface area contributed by atoms with Gasteiger partial charge in [-0.25, -0.2) is 4.79 Å². The molecule has 2 heterocycles. The molecule has 1 saturated heterocycles. The van der Waals surface area contributed by atoms with E-state index in [-0.39, 0.29) is 11.7 Å². The number of fused-ring (bicyclic) bond motifs is 1. The van der Waals surface area contributed by atoms with Crippen LogP contribution < -0.4 is 11.2 Å². The molecular formula is C13H13ClN2O3. The first-order chi connectivity index (χ1) is 9.15. The van der Waals surface area contributed by atoms with Crippen molar-refractivity contribution in [1.82, 2.24) is 9.55 Å². The summed E-state index contributed by atoms with van der Waals surface area (Å²) in [5.74, 6) is 0. The number of halogens is 1.